The van der Waals surface area contributed by atoms with Crippen molar-refractivity contribution in [3.05, 3.63) is 89.5 Å². The van der Waals surface area contributed by atoms with Crippen molar-refractivity contribution in [1.29, 1.82) is 0 Å². The summed E-state index contributed by atoms with van der Waals surface area (Å²) in [6.45, 7) is -1.51. The maximum Gasteiger partial charge on any atom is 0.387 e. The van der Waals surface area contributed by atoms with Crippen molar-refractivity contribution in [2.45, 2.75) is 26.4 Å². The number of ether oxygens (including phenoxy) is 1. The fourth-order valence-electron chi connectivity index (χ4n) is 3.20. The molecule has 0 amide bonds. The molecule has 1 nitrogen and oxygen atoms in total. The van der Waals surface area contributed by atoms with Gasteiger partial charge >= 0.3 is 6.61 Å². The minimum atomic E-state index is -3.41. The topological polar surface area (TPSA) is 9.23 Å². The number of hydrogen-bond donors (Lipinski definition) is 0. The summed E-state index contributed by atoms with van der Waals surface area (Å²) in [4.78, 5) is 0. The Morgan fingerprint density at radius 1 is 0.774 bits per heavy atom. The van der Waals surface area contributed by atoms with Crippen LogP contribution in [0.4, 0.5) is 26.3 Å². The van der Waals surface area contributed by atoms with E-state index in [1.54, 1.807) is 12.1 Å². The van der Waals surface area contributed by atoms with E-state index < -0.39 is 35.6 Å². The molecule has 0 aliphatic heterocycles. The molecule has 0 heterocycles. The van der Waals surface area contributed by atoms with Gasteiger partial charge in [-0.25, -0.2) is 17.6 Å². The summed E-state index contributed by atoms with van der Waals surface area (Å²) in [5.74, 6) is -5.39. The van der Waals surface area contributed by atoms with Gasteiger partial charge in [0, 0.05) is 11.1 Å². The third-order valence-electron chi connectivity index (χ3n) is 4.67. The van der Waals surface area contributed by atoms with E-state index in [-0.39, 0.29) is 22.3 Å². The van der Waals surface area contributed by atoms with E-state index in [0.717, 1.165) is 18.1 Å². The zero-order valence-electron chi connectivity index (χ0n) is 16.4. The number of alkyl halides is 2. The molecule has 0 saturated carbocycles. The molecule has 0 unspecified atom stereocenters. The van der Waals surface area contributed by atoms with Gasteiger partial charge in [-0.2, -0.15) is 8.78 Å². The molecule has 0 atom stereocenters. The van der Waals surface area contributed by atoms with E-state index >= 15 is 0 Å². The second-order valence-corrected chi connectivity index (χ2v) is 6.76. The van der Waals surface area contributed by atoms with E-state index in [1.807, 2.05) is 19.1 Å². The second-order valence-electron chi connectivity index (χ2n) is 6.76. The Morgan fingerprint density at radius 3 is 1.94 bits per heavy atom. The van der Waals surface area contributed by atoms with Gasteiger partial charge in [-0.05, 0) is 60.7 Å². The zero-order chi connectivity index (χ0) is 22.5. The summed E-state index contributed by atoms with van der Waals surface area (Å²) < 4.78 is 85.5. The molecule has 0 saturated heterocycles. The molecule has 3 aromatic carbocycles. The average molecular weight is 436 g/mol. The van der Waals surface area contributed by atoms with E-state index in [0.29, 0.717) is 18.6 Å². The second kappa shape index (κ2) is 9.73. The summed E-state index contributed by atoms with van der Waals surface area (Å²) in [5.41, 5.74) is 0.845. The minimum Gasteiger partial charge on any atom is -0.429 e. The van der Waals surface area contributed by atoms with Crippen LogP contribution in [0.3, 0.4) is 0 Å². The van der Waals surface area contributed by atoms with Crippen molar-refractivity contribution in [3.63, 3.8) is 0 Å². The molecule has 3 aromatic rings. The van der Waals surface area contributed by atoms with Gasteiger partial charge in [-0.15, -0.1) is 0 Å². The Labute approximate surface area is 175 Å². The van der Waals surface area contributed by atoms with Gasteiger partial charge in [0.2, 0.25) is 0 Å². The number of halogens is 6. The first-order chi connectivity index (χ1) is 14.8. The molecule has 31 heavy (non-hydrogen) atoms. The Hall–Kier alpha value is -3.22. The predicted molar refractivity (Wildman–Crippen MR) is 107 cm³/mol. The van der Waals surface area contributed by atoms with Crippen LogP contribution in [0, 0.1) is 23.3 Å². The van der Waals surface area contributed by atoms with Crippen molar-refractivity contribution >= 4 is 0 Å². The van der Waals surface area contributed by atoms with Crippen LogP contribution in [-0.4, -0.2) is 6.61 Å². The molecular weight excluding hydrogens is 418 g/mol. The lowest BCUT2D eigenvalue weighted by atomic mass is 9.97. The molecule has 0 radical (unpaired) electrons. The molecule has 0 aliphatic rings. The predicted octanol–water partition coefficient (Wildman–Crippen LogP) is 7.69. The van der Waals surface area contributed by atoms with Crippen molar-refractivity contribution in [1.82, 2.24) is 0 Å². The standard InChI is InChI=1S/C24H18F6O/c1-2-3-4-5-14-6-8-17(19(25)10-14)15-7-9-18(20(26)11-15)16-12-21(27)23(22(28)13-16)31-24(29)30/h2-3,6-13,24H,4-5H2,1H3. The first-order valence-corrected chi connectivity index (χ1v) is 9.44. The van der Waals surface area contributed by atoms with Gasteiger partial charge in [-0.1, -0.05) is 36.4 Å². The van der Waals surface area contributed by atoms with Gasteiger partial charge in [-0.3, -0.25) is 0 Å². The molecule has 0 aromatic heterocycles. The van der Waals surface area contributed by atoms with Gasteiger partial charge in [0.05, 0.1) is 0 Å². The van der Waals surface area contributed by atoms with E-state index in [2.05, 4.69) is 4.74 Å². The van der Waals surface area contributed by atoms with Crippen molar-refractivity contribution in [3.8, 4) is 28.0 Å². The lowest BCUT2D eigenvalue weighted by Crippen LogP contribution is -2.06. The minimum absolute atomic E-state index is 0.173. The quantitative estimate of drug-likeness (QED) is 0.273. The maximum atomic E-state index is 14.7. The third kappa shape index (κ3) is 5.29. The molecule has 0 bridgehead atoms. The smallest absolute Gasteiger partial charge is 0.387 e. The third-order valence-corrected chi connectivity index (χ3v) is 4.67. The van der Waals surface area contributed by atoms with Crippen molar-refractivity contribution in [2.24, 2.45) is 0 Å². The van der Waals surface area contributed by atoms with Crippen molar-refractivity contribution < 1.29 is 31.1 Å². The fraction of sp³-hybridized carbons (Fsp3) is 0.167. The Kier molecular flexibility index (Phi) is 7.05. The summed E-state index contributed by atoms with van der Waals surface area (Å²) in [7, 11) is 0. The average Bonchev–Trinajstić information content (AvgIpc) is 2.70. The highest BCUT2D eigenvalue weighted by Gasteiger charge is 2.19. The lowest BCUT2D eigenvalue weighted by Gasteiger charge is -2.11. The summed E-state index contributed by atoms with van der Waals surface area (Å²) >= 11 is 0. The van der Waals surface area contributed by atoms with Crippen LogP contribution >= 0.6 is 0 Å². The van der Waals surface area contributed by atoms with Crippen LogP contribution in [0.1, 0.15) is 18.9 Å². The molecule has 162 valence electrons. The van der Waals surface area contributed by atoms with Gasteiger partial charge in [0.25, 0.3) is 0 Å². The molecule has 0 aliphatic carbocycles. The van der Waals surface area contributed by atoms with Crippen LogP contribution in [0.2, 0.25) is 0 Å². The van der Waals surface area contributed by atoms with Crippen LogP contribution in [-0.2, 0) is 6.42 Å². The van der Waals surface area contributed by atoms with Crippen LogP contribution < -0.4 is 4.74 Å². The molecule has 3 rings (SSSR count). The lowest BCUT2D eigenvalue weighted by molar-refractivity contribution is -0.0546. The van der Waals surface area contributed by atoms with E-state index in [4.69, 9.17) is 0 Å². The Balaban J connectivity index is 1.90. The highest BCUT2D eigenvalue weighted by atomic mass is 19.3. The van der Waals surface area contributed by atoms with E-state index in [1.165, 1.54) is 18.2 Å². The number of allylic oxidation sites excluding steroid dienone is 2. The highest BCUT2D eigenvalue weighted by Crippen LogP contribution is 2.33. The fourth-order valence-corrected chi connectivity index (χ4v) is 3.20. The summed E-state index contributed by atoms with van der Waals surface area (Å²) in [6.07, 6.45) is 5.31. The van der Waals surface area contributed by atoms with Gasteiger partial charge in [0.1, 0.15) is 11.6 Å². The summed E-state index contributed by atoms with van der Waals surface area (Å²) in [5, 5.41) is 0. The van der Waals surface area contributed by atoms with Crippen molar-refractivity contribution in [2.75, 3.05) is 0 Å². The van der Waals surface area contributed by atoms with Gasteiger partial charge < -0.3 is 4.74 Å². The Morgan fingerprint density at radius 2 is 1.35 bits per heavy atom. The largest absolute Gasteiger partial charge is 0.429 e. The Bertz CT molecular complexity index is 1080. The maximum absolute atomic E-state index is 14.7. The zero-order valence-corrected chi connectivity index (χ0v) is 16.4. The monoisotopic (exact) mass is 436 g/mol. The normalized spacial score (nSPS) is 11.5. The number of hydrogen-bond acceptors (Lipinski definition) is 1. The molecule has 0 N–H and O–H groups in total. The number of benzene rings is 3. The van der Waals surface area contributed by atoms with Crippen LogP contribution in [0.5, 0.6) is 5.75 Å². The molecular formula is C24H18F6O. The molecule has 0 fully saturated rings. The SMILES string of the molecule is CC=CCCc1ccc(-c2ccc(-c3cc(F)c(OC(F)F)c(F)c3)c(F)c2)c(F)c1. The first-order valence-electron chi connectivity index (χ1n) is 9.44. The van der Waals surface area contributed by atoms with Crippen LogP contribution in [0.25, 0.3) is 22.3 Å². The van der Waals surface area contributed by atoms with E-state index in [9.17, 15) is 26.3 Å². The van der Waals surface area contributed by atoms with Crippen LogP contribution in [0.15, 0.2) is 60.7 Å². The number of rotatable bonds is 7. The highest BCUT2D eigenvalue weighted by molar-refractivity contribution is 5.72. The molecule has 7 heteroatoms. The first kappa shape index (κ1) is 22.5. The number of aryl methyl sites for hydroxylation is 1. The van der Waals surface area contributed by atoms with Gasteiger partial charge in [0.15, 0.2) is 17.4 Å². The summed E-state index contributed by atoms with van der Waals surface area (Å²) in [6, 6.07) is 9.77. The molecule has 0 spiro atoms.